The van der Waals surface area contributed by atoms with Crippen molar-refractivity contribution in [3.8, 4) is 0 Å². The number of hydrogen-bond acceptors (Lipinski definition) is 5. The highest BCUT2D eigenvalue weighted by molar-refractivity contribution is 5.82. The standard InChI is InChI=1S/C20H22F3N5O2/c1-12-9-15(20(21,22)23)17-18(26-30-19(17)25-12)14-5-3-7-27(11-14)16(29)10-13(2)28-8-4-6-24-28/h4,6,8-9,13-14H,3,5,7,10-11H2,1-2H3/t13-,14+/m1/s1. The molecule has 1 aliphatic rings. The Bertz CT molecular complexity index is 1040. The molecule has 3 aromatic rings. The van der Waals surface area contributed by atoms with Crippen LogP contribution in [-0.4, -0.2) is 43.8 Å². The maximum Gasteiger partial charge on any atom is 0.417 e. The molecule has 0 aliphatic carbocycles. The van der Waals surface area contributed by atoms with Gasteiger partial charge in [0.25, 0.3) is 5.71 Å². The third kappa shape index (κ3) is 3.90. The van der Waals surface area contributed by atoms with Crippen molar-refractivity contribution in [1.82, 2.24) is 24.8 Å². The van der Waals surface area contributed by atoms with Crippen LogP contribution in [0.15, 0.2) is 29.0 Å². The molecule has 0 N–H and O–H groups in total. The molecule has 0 radical (unpaired) electrons. The Labute approximate surface area is 170 Å². The lowest BCUT2D eigenvalue weighted by Gasteiger charge is -2.32. The number of aryl methyl sites for hydroxylation is 1. The lowest BCUT2D eigenvalue weighted by molar-refractivity contribution is -0.136. The number of likely N-dealkylation sites (tertiary alicyclic amines) is 1. The van der Waals surface area contributed by atoms with Crippen LogP contribution in [0, 0.1) is 6.92 Å². The van der Waals surface area contributed by atoms with E-state index in [2.05, 4.69) is 15.2 Å². The Hall–Kier alpha value is -2.91. The van der Waals surface area contributed by atoms with E-state index in [1.165, 1.54) is 6.92 Å². The van der Waals surface area contributed by atoms with Gasteiger partial charge in [-0.2, -0.15) is 18.3 Å². The lowest BCUT2D eigenvalue weighted by Crippen LogP contribution is -2.40. The molecule has 0 spiro atoms. The second-order valence-electron chi connectivity index (χ2n) is 7.78. The number of nitrogens with zero attached hydrogens (tertiary/aromatic N) is 5. The van der Waals surface area contributed by atoms with Gasteiger partial charge in [-0.15, -0.1) is 0 Å². The number of carbonyl (C=O) groups is 1. The number of rotatable bonds is 4. The van der Waals surface area contributed by atoms with Crippen LogP contribution in [0.5, 0.6) is 0 Å². The molecule has 1 aliphatic heterocycles. The van der Waals surface area contributed by atoms with Gasteiger partial charge in [0.2, 0.25) is 5.91 Å². The van der Waals surface area contributed by atoms with Gasteiger partial charge in [-0.3, -0.25) is 9.48 Å². The average molecular weight is 421 g/mol. The Kier molecular flexibility index (Phi) is 5.25. The number of piperidine rings is 1. The van der Waals surface area contributed by atoms with Gasteiger partial charge in [-0.25, -0.2) is 4.98 Å². The molecule has 4 heterocycles. The molecular formula is C20H22F3N5O2. The Morgan fingerprint density at radius 3 is 2.90 bits per heavy atom. The van der Waals surface area contributed by atoms with Crippen molar-refractivity contribution in [2.75, 3.05) is 13.1 Å². The fourth-order valence-corrected chi connectivity index (χ4v) is 4.04. The average Bonchev–Trinajstić information content (AvgIpc) is 3.36. The maximum absolute atomic E-state index is 13.6. The predicted octanol–water partition coefficient (Wildman–Crippen LogP) is 4.10. The minimum absolute atomic E-state index is 0.0551. The van der Waals surface area contributed by atoms with Gasteiger partial charge in [-0.1, -0.05) is 5.16 Å². The van der Waals surface area contributed by atoms with Crippen LogP contribution in [0.3, 0.4) is 0 Å². The number of aromatic nitrogens is 4. The number of fused-ring (bicyclic) bond motifs is 1. The van der Waals surface area contributed by atoms with Crippen LogP contribution in [0.2, 0.25) is 0 Å². The third-order valence-corrected chi connectivity index (χ3v) is 5.51. The highest BCUT2D eigenvalue weighted by atomic mass is 19.4. The van der Waals surface area contributed by atoms with E-state index >= 15 is 0 Å². The smallest absolute Gasteiger partial charge is 0.342 e. The molecular weight excluding hydrogens is 399 g/mol. The molecule has 2 atom stereocenters. The Morgan fingerprint density at radius 2 is 2.20 bits per heavy atom. The molecule has 7 nitrogen and oxygen atoms in total. The monoisotopic (exact) mass is 421 g/mol. The first-order valence-corrected chi connectivity index (χ1v) is 9.85. The molecule has 10 heteroatoms. The molecule has 3 aromatic heterocycles. The summed E-state index contributed by atoms with van der Waals surface area (Å²) in [5, 5.41) is 7.99. The zero-order chi connectivity index (χ0) is 21.5. The summed E-state index contributed by atoms with van der Waals surface area (Å²) in [6.45, 7) is 4.26. The second kappa shape index (κ2) is 7.73. The van der Waals surface area contributed by atoms with Crippen LogP contribution >= 0.6 is 0 Å². The van der Waals surface area contributed by atoms with Gasteiger partial charge in [0.1, 0.15) is 0 Å². The first-order chi connectivity index (χ1) is 14.2. The lowest BCUT2D eigenvalue weighted by atomic mass is 9.91. The molecule has 0 bridgehead atoms. The van der Waals surface area contributed by atoms with E-state index in [4.69, 9.17) is 4.52 Å². The summed E-state index contributed by atoms with van der Waals surface area (Å²) in [7, 11) is 0. The summed E-state index contributed by atoms with van der Waals surface area (Å²) in [5.41, 5.74) is -0.474. The van der Waals surface area contributed by atoms with Crippen LogP contribution in [0.4, 0.5) is 13.2 Å². The van der Waals surface area contributed by atoms with Crippen molar-refractivity contribution in [2.24, 2.45) is 0 Å². The van der Waals surface area contributed by atoms with Crippen LogP contribution in [0.25, 0.3) is 11.1 Å². The van der Waals surface area contributed by atoms with Crippen molar-refractivity contribution in [3.05, 3.63) is 41.5 Å². The van der Waals surface area contributed by atoms with E-state index in [-0.39, 0.29) is 46.8 Å². The van der Waals surface area contributed by atoms with E-state index in [9.17, 15) is 18.0 Å². The first kappa shape index (κ1) is 20.4. The number of carbonyl (C=O) groups excluding carboxylic acids is 1. The largest absolute Gasteiger partial charge is 0.417 e. The van der Waals surface area contributed by atoms with Gasteiger partial charge in [0.05, 0.1) is 22.7 Å². The number of hydrogen-bond donors (Lipinski definition) is 0. The minimum Gasteiger partial charge on any atom is -0.342 e. The van der Waals surface area contributed by atoms with Crippen molar-refractivity contribution < 1.29 is 22.5 Å². The van der Waals surface area contributed by atoms with Gasteiger partial charge < -0.3 is 9.42 Å². The summed E-state index contributed by atoms with van der Waals surface area (Å²) in [4.78, 5) is 18.6. The van der Waals surface area contributed by atoms with Gasteiger partial charge in [-0.05, 0) is 38.8 Å². The quantitative estimate of drug-likeness (QED) is 0.634. The summed E-state index contributed by atoms with van der Waals surface area (Å²) in [5.74, 6) is -0.393. The summed E-state index contributed by atoms with van der Waals surface area (Å²) in [6.07, 6.45) is 0.485. The van der Waals surface area contributed by atoms with Gasteiger partial charge >= 0.3 is 6.18 Å². The molecule has 4 rings (SSSR count). The van der Waals surface area contributed by atoms with Crippen molar-refractivity contribution >= 4 is 17.0 Å². The Balaban J connectivity index is 1.58. The SMILES string of the molecule is Cc1cc(C(F)(F)F)c2c([C@H]3CCCN(C(=O)C[C@@H](C)n4cccn4)C3)noc2n1. The van der Waals surface area contributed by atoms with Crippen LogP contribution < -0.4 is 0 Å². The highest BCUT2D eigenvalue weighted by Crippen LogP contribution is 2.40. The third-order valence-electron chi connectivity index (χ3n) is 5.51. The van der Waals surface area contributed by atoms with Crippen LogP contribution in [0.1, 0.15) is 55.1 Å². The number of pyridine rings is 1. The Morgan fingerprint density at radius 1 is 1.40 bits per heavy atom. The van der Waals surface area contributed by atoms with E-state index in [1.807, 2.05) is 6.92 Å². The number of amides is 1. The molecule has 0 aromatic carbocycles. The fraction of sp³-hybridized carbons (Fsp3) is 0.500. The molecule has 160 valence electrons. The number of alkyl halides is 3. The topological polar surface area (TPSA) is 77.0 Å². The zero-order valence-corrected chi connectivity index (χ0v) is 16.7. The van der Waals surface area contributed by atoms with E-state index in [1.54, 1.807) is 28.0 Å². The fourth-order valence-electron chi connectivity index (χ4n) is 4.04. The predicted molar refractivity (Wildman–Crippen MR) is 102 cm³/mol. The maximum atomic E-state index is 13.6. The molecule has 0 unspecified atom stereocenters. The first-order valence-electron chi connectivity index (χ1n) is 9.85. The molecule has 0 saturated carbocycles. The number of halogens is 3. The summed E-state index contributed by atoms with van der Waals surface area (Å²) >= 11 is 0. The van der Waals surface area contributed by atoms with E-state index in [0.29, 0.717) is 25.9 Å². The van der Waals surface area contributed by atoms with Crippen molar-refractivity contribution in [2.45, 2.75) is 51.2 Å². The van der Waals surface area contributed by atoms with Crippen LogP contribution in [-0.2, 0) is 11.0 Å². The van der Waals surface area contributed by atoms with Gasteiger partial charge in [0.15, 0.2) is 0 Å². The van der Waals surface area contributed by atoms with Crippen molar-refractivity contribution in [1.29, 1.82) is 0 Å². The molecule has 1 saturated heterocycles. The van der Waals surface area contributed by atoms with E-state index < -0.39 is 11.7 Å². The second-order valence-corrected chi connectivity index (χ2v) is 7.78. The summed E-state index contributed by atoms with van der Waals surface area (Å²) < 4.78 is 47.8. The molecule has 1 fully saturated rings. The normalized spacial score (nSPS) is 18.7. The minimum atomic E-state index is -4.55. The van der Waals surface area contributed by atoms with Crippen molar-refractivity contribution in [3.63, 3.8) is 0 Å². The molecule has 1 amide bonds. The zero-order valence-electron chi connectivity index (χ0n) is 16.7. The van der Waals surface area contributed by atoms with Gasteiger partial charge in [0, 0.05) is 43.5 Å². The highest BCUT2D eigenvalue weighted by Gasteiger charge is 2.38. The summed E-state index contributed by atoms with van der Waals surface area (Å²) in [6, 6.07) is 2.70. The molecule has 30 heavy (non-hydrogen) atoms. The van der Waals surface area contributed by atoms with E-state index in [0.717, 1.165) is 6.07 Å².